The Kier molecular flexibility index (Phi) is 6.30. The Morgan fingerprint density at radius 1 is 1.13 bits per heavy atom. The highest BCUT2D eigenvalue weighted by atomic mass is 16.8. The lowest BCUT2D eigenvalue weighted by molar-refractivity contribution is -0.373. The van der Waals surface area contributed by atoms with Crippen LogP contribution in [0.1, 0.15) is 6.42 Å². The summed E-state index contributed by atoms with van der Waals surface area (Å²) in [6, 6.07) is 0. The van der Waals surface area contributed by atoms with Crippen LogP contribution >= 0.6 is 0 Å². The van der Waals surface area contributed by atoms with Gasteiger partial charge in [-0.2, -0.15) is 0 Å². The van der Waals surface area contributed by atoms with Crippen molar-refractivity contribution in [3.63, 3.8) is 0 Å². The van der Waals surface area contributed by atoms with Crippen LogP contribution in [0.15, 0.2) is 0 Å². The van der Waals surface area contributed by atoms with Gasteiger partial charge in [-0.1, -0.05) is 0 Å². The molecule has 2 aliphatic heterocycles. The van der Waals surface area contributed by atoms with Crippen molar-refractivity contribution in [3.05, 3.63) is 0 Å². The van der Waals surface area contributed by atoms with Crippen molar-refractivity contribution >= 4 is 0 Å². The van der Waals surface area contributed by atoms with Crippen LogP contribution in [-0.2, 0) is 18.9 Å². The second-order valence-corrected chi connectivity index (χ2v) is 5.74. The van der Waals surface area contributed by atoms with Crippen molar-refractivity contribution < 1.29 is 49.6 Å². The standard InChI is InChI=1S/C13H24O10/c1-20-4-8-10(18)11(19)13(5-15,22-8)23-12-9(17)7(16)2-6(3-14)21-12/h6-12,14-19H,2-5H2,1H3/t6?,7?,8-,9?,10?,11?,12-,13+/m1/s1. The Morgan fingerprint density at radius 2 is 1.83 bits per heavy atom. The molecule has 2 heterocycles. The Hall–Kier alpha value is -0.400. The number of rotatable bonds is 6. The average Bonchev–Trinajstić information content (AvgIpc) is 2.77. The molecule has 2 rings (SSSR count). The number of aliphatic hydroxyl groups is 6. The van der Waals surface area contributed by atoms with Gasteiger partial charge in [0.2, 0.25) is 5.79 Å². The van der Waals surface area contributed by atoms with Crippen molar-refractivity contribution in [1.29, 1.82) is 0 Å². The molecule has 10 heteroatoms. The highest BCUT2D eigenvalue weighted by molar-refractivity contribution is 4.97. The minimum atomic E-state index is -2.05. The zero-order valence-corrected chi connectivity index (χ0v) is 12.7. The molecule has 0 aromatic carbocycles. The van der Waals surface area contributed by atoms with E-state index in [2.05, 4.69) is 0 Å². The molecule has 10 nitrogen and oxygen atoms in total. The summed E-state index contributed by atoms with van der Waals surface area (Å²) in [5.41, 5.74) is 0. The number of aliphatic hydroxyl groups excluding tert-OH is 6. The van der Waals surface area contributed by atoms with Gasteiger partial charge in [0.05, 0.1) is 25.4 Å². The van der Waals surface area contributed by atoms with Crippen LogP contribution in [0.4, 0.5) is 0 Å². The van der Waals surface area contributed by atoms with Gasteiger partial charge in [-0.15, -0.1) is 0 Å². The summed E-state index contributed by atoms with van der Waals surface area (Å²) in [6.07, 6.45) is -8.92. The molecule has 0 bridgehead atoms. The number of methoxy groups -OCH3 is 1. The maximum Gasteiger partial charge on any atom is 0.224 e. The monoisotopic (exact) mass is 340 g/mol. The molecule has 2 fully saturated rings. The first kappa shape index (κ1) is 18.9. The van der Waals surface area contributed by atoms with Crippen LogP contribution in [0.3, 0.4) is 0 Å². The summed E-state index contributed by atoms with van der Waals surface area (Å²) in [4.78, 5) is 0. The summed E-state index contributed by atoms with van der Waals surface area (Å²) < 4.78 is 20.9. The van der Waals surface area contributed by atoms with Gasteiger partial charge in [0.15, 0.2) is 6.29 Å². The van der Waals surface area contributed by atoms with Crippen LogP contribution in [0, 0.1) is 0 Å². The van der Waals surface area contributed by atoms with E-state index < -0.39 is 61.9 Å². The van der Waals surface area contributed by atoms with E-state index in [0.717, 1.165) is 0 Å². The fraction of sp³-hybridized carbons (Fsp3) is 1.00. The lowest BCUT2D eigenvalue weighted by Crippen LogP contribution is -2.58. The van der Waals surface area contributed by atoms with E-state index in [1.54, 1.807) is 0 Å². The molecule has 0 spiro atoms. The maximum atomic E-state index is 10.1. The Morgan fingerprint density at radius 3 is 2.39 bits per heavy atom. The van der Waals surface area contributed by atoms with Gasteiger partial charge in [0, 0.05) is 13.5 Å². The lowest BCUT2D eigenvalue weighted by atomic mass is 10.0. The highest BCUT2D eigenvalue weighted by Gasteiger charge is 2.57. The van der Waals surface area contributed by atoms with Gasteiger partial charge in [-0.3, -0.25) is 0 Å². The average molecular weight is 340 g/mol. The van der Waals surface area contributed by atoms with Crippen LogP contribution in [0.25, 0.3) is 0 Å². The fourth-order valence-corrected chi connectivity index (χ4v) is 2.75. The smallest absolute Gasteiger partial charge is 0.224 e. The van der Waals surface area contributed by atoms with Crippen molar-refractivity contribution in [3.8, 4) is 0 Å². The molecular formula is C13H24O10. The molecule has 6 N–H and O–H groups in total. The van der Waals surface area contributed by atoms with Crippen molar-refractivity contribution in [1.82, 2.24) is 0 Å². The summed E-state index contributed by atoms with van der Waals surface area (Å²) in [5.74, 6) is -2.05. The molecule has 5 unspecified atom stereocenters. The third-order valence-electron chi connectivity index (χ3n) is 4.08. The molecular weight excluding hydrogens is 316 g/mol. The number of ether oxygens (including phenoxy) is 4. The lowest BCUT2D eigenvalue weighted by Gasteiger charge is -2.41. The molecule has 0 aliphatic carbocycles. The summed E-state index contributed by atoms with van der Waals surface area (Å²) >= 11 is 0. The van der Waals surface area contributed by atoms with Crippen LogP contribution in [0.2, 0.25) is 0 Å². The molecule has 0 amide bonds. The second-order valence-electron chi connectivity index (χ2n) is 5.74. The first-order valence-electron chi connectivity index (χ1n) is 7.32. The van der Waals surface area contributed by atoms with Crippen molar-refractivity contribution in [2.24, 2.45) is 0 Å². The van der Waals surface area contributed by atoms with E-state index in [9.17, 15) is 25.5 Å². The van der Waals surface area contributed by atoms with Gasteiger partial charge < -0.3 is 49.6 Å². The minimum absolute atomic E-state index is 0.00197. The molecule has 8 atom stereocenters. The Labute approximate surface area is 132 Å². The van der Waals surface area contributed by atoms with E-state index in [1.807, 2.05) is 0 Å². The van der Waals surface area contributed by atoms with Gasteiger partial charge in [-0.25, -0.2) is 0 Å². The third-order valence-corrected chi connectivity index (χ3v) is 4.08. The van der Waals surface area contributed by atoms with Gasteiger partial charge in [0.25, 0.3) is 0 Å². The molecule has 2 aliphatic rings. The molecule has 136 valence electrons. The van der Waals surface area contributed by atoms with Crippen LogP contribution < -0.4 is 0 Å². The van der Waals surface area contributed by atoms with Gasteiger partial charge >= 0.3 is 0 Å². The highest BCUT2D eigenvalue weighted by Crippen LogP contribution is 2.35. The Balaban J connectivity index is 2.14. The zero-order valence-electron chi connectivity index (χ0n) is 12.7. The first-order chi connectivity index (χ1) is 10.9. The van der Waals surface area contributed by atoms with Gasteiger partial charge in [0.1, 0.15) is 31.0 Å². The fourth-order valence-electron chi connectivity index (χ4n) is 2.75. The number of hydrogen-bond acceptors (Lipinski definition) is 10. The normalized spacial score (nSPS) is 47.9. The van der Waals surface area contributed by atoms with Crippen LogP contribution in [0.5, 0.6) is 0 Å². The molecule has 0 radical (unpaired) electrons. The molecule has 23 heavy (non-hydrogen) atoms. The molecule has 0 saturated carbocycles. The van der Waals surface area contributed by atoms with Crippen LogP contribution in [-0.4, -0.2) is 106 Å². The second kappa shape index (κ2) is 7.66. The summed E-state index contributed by atoms with van der Waals surface area (Å²) in [6.45, 7) is -1.30. The number of hydrogen-bond donors (Lipinski definition) is 6. The van der Waals surface area contributed by atoms with E-state index >= 15 is 0 Å². The summed E-state index contributed by atoms with van der Waals surface area (Å²) in [5, 5.41) is 58.6. The predicted molar refractivity (Wildman–Crippen MR) is 72.0 cm³/mol. The van der Waals surface area contributed by atoms with E-state index in [4.69, 9.17) is 24.1 Å². The largest absolute Gasteiger partial charge is 0.394 e. The summed E-state index contributed by atoms with van der Waals surface area (Å²) in [7, 11) is 1.37. The molecule has 2 saturated heterocycles. The Bertz CT molecular complexity index is 382. The first-order valence-corrected chi connectivity index (χ1v) is 7.32. The van der Waals surface area contributed by atoms with E-state index in [1.165, 1.54) is 7.11 Å². The SMILES string of the molecule is COC[C@H]1O[C@@](CO)(O[C@H]2OC(CO)CC(O)C2O)C(O)C1O. The maximum absolute atomic E-state index is 10.1. The minimum Gasteiger partial charge on any atom is -0.394 e. The van der Waals surface area contributed by atoms with Crippen molar-refractivity contribution in [2.45, 2.75) is 55.1 Å². The van der Waals surface area contributed by atoms with Gasteiger partial charge in [-0.05, 0) is 0 Å². The topological polar surface area (TPSA) is 158 Å². The molecule has 0 aromatic heterocycles. The quantitative estimate of drug-likeness (QED) is 0.284. The molecule has 0 aromatic rings. The predicted octanol–water partition coefficient (Wildman–Crippen LogP) is -3.71. The van der Waals surface area contributed by atoms with Crippen molar-refractivity contribution in [2.75, 3.05) is 26.9 Å². The van der Waals surface area contributed by atoms with E-state index in [0.29, 0.717) is 0 Å². The van der Waals surface area contributed by atoms with E-state index in [-0.39, 0.29) is 13.0 Å². The zero-order chi connectivity index (χ0) is 17.2. The third kappa shape index (κ3) is 3.66.